The number of rotatable bonds is 8. The first-order chi connectivity index (χ1) is 12.2. The highest BCUT2D eigenvalue weighted by atomic mass is 127. The Hall–Kier alpha value is -1.13. The zero-order valence-corrected chi connectivity index (χ0v) is 18.5. The Labute approximate surface area is 174 Å². The largest absolute Gasteiger partial charge is 0.382 e. The van der Waals surface area contributed by atoms with E-state index in [1.165, 1.54) is 5.56 Å². The van der Waals surface area contributed by atoms with Gasteiger partial charge in [-0.3, -0.25) is 4.99 Å². The number of nitrogens with one attached hydrogen (secondary N) is 2. The highest BCUT2D eigenvalue weighted by Gasteiger charge is 2.17. The van der Waals surface area contributed by atoms with E-state index in [0.29, 0.717) is 6.54 Å². The van der Waals surface area contributed by atoms with E-state index in [2.05, 4.69) is 43.5 Å². The second-order valence-corrected chi connectivity index (χ2v) is 6.18. The Kier molecular flexibility index (Phi) is 11.5. The molecule has 1 aromatic heterocycles. The fraction of sp³-hybridized carbons (Fsp3) is 0.667. The van der Waals surface area contributed by atoms with Gasteiger partial charge in [0.25, 0.3) is 0 Å². The van der Waals surface area contributed by atoms with Gasteiger partial charge in [0.15, 0.2) is 5.96 Å². The molecule has 8 heteroatoms. The number of aromatic nitrogens is 1. The summed E-state index contributed by atoms with van der Waals surface area (Å²) in [6.45, 7) is 9.30. The van der Waals surface area contributed by atoms with Crippen LogP contribution in [-0.2, 0) is 11.3 Å². The van der Waals surface area contributed by atoms with Gasteiger partial charge in [0.05, 0.1) is 0 Å². The van der Waals surface area contributed by atoms with Gasteiger partial charge in [-0.25, -0.2) is 4.98 Å². The van der Waals surface area contributed by atoms with Gasteiger partial charge >= 0.3 is 0 Å². The van der Waals surface area contributed by atoms with Crippen LogP contribution in [0.1, 0.15) is 18.9 Å². The van der Waals surface area contributed by atoms with Gasteiger partial charge in [-0.15, -0.1) is 24.0 Å². The Balaban J connectivity index is 0.00000338. The van der Waals surface area contributed by atoms with Crippen molar-refractivity contribution >= 4 is 35.8 Å². The summed E-state index contributed by atoms with van der Waals surface area (Å²) >= 11 is 0. The van der Waals surface area contributed by atoms with Gasteiger partial charge in [0, 0.05) is 71.3 Å². The standard InChI is InChI=1S/C18H32N6O.HI/c1-4-25-14-6-9-21-18(19-2)22-15-16-7-5-8-20-17(16)24-12-10-23(3)11-13-24;/h5,7-8H,4,6,9-15H2,1-3H3,(H2,19,21,22);1H. The minimum absolute atomic E-state index is 0. The van der Waals surface area contributed by atoms with E-state index in [4.69, 9.17) is 4.74 Å². The van der Waals surface area contributed by atoms with Gasteiger partial charge in [-0.05, 0) is 26.5 Å². The molecule has 0 amide bonds. The third kappa shape index (κ3) is 7.63. The third-order valence-corrected chi connectivity index (χ3v) is 4.30. The van der Waals surface area contributed by atoms with Crippen LogP contribution in [0.5, 0.6) is 0 Å². The lowest BCUT2D eigenvalue weighted by atomic mass is 10.2. The molecule has 7 nitrogen and oxygen atoms in total. The minimum Gasteiger partial charge on any atom is -0.382 e. The fourth-order valence-electron chi connectivity index (χ4n) is 2.80. The molecule has 0 unspecified atom stereocenters. The van der Waals surface area contributed by atoms with Crippen molar-refractivity contribution in [2.75, 3.05) is 64.9 Å². The number of guanidine groups is 1. The summed E-state index contributed by atoms with van der Waals surface area (Å²) in [5, 5.41) is 6.71. The van der Waals surface area contributed by atoms with Crippen LogP contribution in [0.25, 0.3) is 0 Å². The molecule has 148 valence electrons. The summed E-state index contributed by atoms with van der Waals surface area (Å²) in [6, 6.07) is 4.13. The van der Waals surface area contributed by atoms with Crippen molar-refractivity contribution in [3.05, 3.63) is 23.9 Å². The van der Waals surface area contributed by atoms with Gasteiger partial charge in [0.2, 0.25) is 0 Å². The molecule has 1 fully saturated rings. The Morgan fingerprint density at radius 2 is 2.04 bits per heavy atom. The number of aliphatic imine (C=N–C) groups is 1. The number of likely N-dealkylation sites (N-methyl/N-ethyl adjacent to an activating group) is 1. The van der Waals surface area contributed by atoms with Crippen molar-refractivity contribution in [1.29, 1.82) is 0 Å². The molecule has 26 heavy (non-hydrogen) atoms. The molecule has 2 heterocycles. The number of ether oxygens (including phenoxy) is 1. The SMILES string of the molecule is CCOCCCNC(=NC)NCc1cccnc1N1CCN(C)CC1.I. The van der Waals surface area contributed by atoms with Crippen molar-refractivity contribution in [3.8, 4) is 0 Å². The zero-order chi connectivity index (χ0) is 17.9. The molecule has 0 spiro atoms. The van der Waals surface area contributed by atoms with Crippen molar-refractivity contribution in [2.45, 2.75) is 19.9 Å². The second kappa shape index (κ2) is 13.1. The normalized spacial score (nSPS) is 15.5. The summed E-state index contributed by atoms with van der Waals surface area (Å²) in [5.41, 5.74) is 1.20. The monoisotopic (exact) mass is 476 g/mol. The predicted molar refractivity (Wildman–Crippen MR) is 119 cm³/mol. The Morgan fingerprint density at radius 3 is 2.73 bits per heavy atom. The molecule has 1 aromatic rings. The molecule has 2 rings (SSSR count). The lowest BCUT2D eigenvalue weighted by Gasteiger charge is -2.34. The van der Waals surface area contributed by atoms with Crippen molar-refractivity contribution < 1.29 is 4.74 Å². The van der Waals surface area contributed by atoms with Crippen LogP contribution < -0.4 is 15.5 Å². The van der Waals surface area contributed by atoms with Crippen molar-refractivity contribution in [2.24, 2.45) is 4.99 Å². The number of pyridine rings is 1. The number of piperazine rings is 1. The first kappa shape index (κ1) is 22.9. The van der Waals surface area contributed by atoms with Gasteiger partial charge in [-0.1, -0.05) is 6.07 Å². The van der Waals surface area contributed by atoms with Crippen LogP contribution in [0.15, 0.2) is 23.3 Å². The summed E-state index contributed by atoms with van der Waals surface area (Å²) in [7, 11) is 3.96. The molecule has 2 N–H and O–H groups in total. The maximum absolute atomic E-state index is 5.35. The maximum atomic E-state index is 5.35. The van der Waals surface area contributed by atoms with E-state index < -0.39 is 0 Å². The lowest BCUT2D eigenvalue weighted by molar-refractivity contribution is 0.145. The van der Waals surface area contributed by atoms with Crippen molar-refractivity contribution in [1.82, 2.24) is 20.5 Å². The molecule has 1 aliphatic heterocycles. The summed E-state index contributed by atoms with van der Waals surface area (Å²) in [4.78, 5) is 13.6. The first-order valence-corrected chi connectivity index (χ1v) is 9.14. The highest BCUT2D eigenvalue weighted by molar-refractivity contribution is 14.0. The average molecular weight is 476 g/mol. The Bertz CT molecular complexity index is 534. The number of hydrogen-bond donors (Lipinski definition) is 2. The molecule has 0 radical (unpaired) electrons. The Morgan fingerprint density at radius 1 is 1.27 bits per heavy atom. The third-order valence-electron chi connectivity index (χ3n) is 4.30. The van der Waals surface area contributed by atoms with Gasteiger partial charge < -0.3 is 25.2 Å². The zero-order valence-electron chi connectivity index (χ0n) is 16.2. The van der Waals surface area contributed by atoms with E-state index in [0.717, 1.165) is 64.1 Å². The summed E-state index contributed by atoms with van der Waals surface area (Å²) in [5.74, 6) is 1.89. The average Bonchev–Trinajstić information content (AvgIpc) is 2.65. The smallest absolute Gasteiger partial charge is 0.191 e. The summed E-state index contributed by atoms with van der Waals surface area (Å²) in [6.07, 6.45) is 2.84. The van der Waals surface area contributed by atoms with E-state index in [1.54, 1.807) is 7.05 Å². The van der Waals surface area contributed by atoms with Crippen LogP contribution in [0.4, 0.5) is 5.82 Å². The van der Waals surface area contributed by atoms with E-state index >= 15 is 0 Å². The molecule has 0 bridgehead atoms. The number of anilines is 1. The second-order valence-electron chi connectivity index (χ2n) is 6.18. The van der Waals surface area contributed by atoms with Gasteiger partial charge in [0.1, 0.15) is 5.82 Å². The van der Waals surface area contributed by atoms with Crippen LogP contribution in [-0.4, -0.2) is 75.9 Å². The van der Waals surface area contributed by atoms with Crippen LogP contribution in [0.3, 0.4) is 0 Å². The molecule has 0 aromatic carbocycles. The molecule has 0 saturated carbocycles. The first-order valence-electron chi connectivity index (χ1n) is 9.14. The van der Waals surface area contributed by atoms with E-state index in [1.807, 2.05) is 19.2 Å². The van der Waals surface area contributed by atoms with E-state index in [-0.39, 0.29) is 24.0 Å². The fourth-order valence-corrected chi connectivity index (χ4v) is 2.80. The topological polar surface area (TPSA) is 65.0 Å². The molecule has 1 saturated heterocycles. The predicted octanol–water partition coefficient (Wildman–Crippen LogP) is 1.54. The van der Waals surface area contributed by atoms with Crippen LogP contribution in [0.2, 0.25) is 0 Å². The number of nitrogens with zero attached hydrogens (tertiary/aromatic N) is 4. The van der Waals surface area contributed by atoms with Crippen molar-refractivity contribution in [3.63, 3.8) is 0 Å². The van der Waals surface area contributed by atoms with Crippen LogP contribution in [0, 0.1) is 0 Å². The lowest BCUT2D eigenvalue weighted by Crippen LogP contribution is -2.45. The molecule has 1 aliphatic rings. The highest BCUT2D eigenvalue weighted by Crippen LogP contribution is 2.18. The molecule has 0 aliphatic carbocycles. The maximum Gasteiger partial charge on any atom is 0.191 e. The molecular formula is C18H33IN6O. The molecule has 0 atom stereocenters. The number of hydrogen-bond acceptors (Lipinski definition) is 5. The molecular weight excluding hydrogens is 443 g/mol. The quantitative estimate of drug-likeness (QED) is 0.257. The van der Waals surface area contributed by atoms with E-state index in [9.17, 15) is 0 Å². The summed E-state index contributed by atoms with van der Waals surface area (Å²) < 4.78 is 5.35. The van der Waals surface area contributed by atoms with Crippen LogP contribution >= 0.6 is 24.0 Å². The minimum atomic E-state index is 0. The van der Waals surface area contributed by atoms with Gasteiger partial charge in [-0.2, -0.15) is 0 Å². The number of halogens is 1.